The van der Waals surface area contributed by atoms with Crippen LogP contribution in [-0.4, -0.2) is 54.3 Å². The van der Waals surface area contributed by atoms with E-state index in [1.165, 1.54) is 0 Å². The Bertz CT molecular complexity index is 1290. The van der Waals surface area contributed by atoms with E-state index in [1.807, 2.05) is 6.07 Å². The predicted molar refractivity (Wildman–Crippen MR) is 136 cm³/mol. The maximum atomic E-state index is 13.4. The molecule has 0 atom stereocenters. The van der Waals surface area contributed by atoms with Gasteiger partial charge in [0.2, 0.25) is 0 Å². The molecule has 0 saturated carbocycles. The van der Waals surface area contributed by atoms with Gasteiger partial charge in [-0.1, -0.05) is 32.6 Å². The average molecular weight is 499 g/mol. The molecule has 2 aromatic heterocycles. The van der Waals surface area contributed by atoms with E-state index in [-0.39, 0.29) is 11.7 Å². The molecule has 3 heterocycles. The number of hydrogen-bond donors (Lipinski definition) is 2. The number of carbonyl (C=O) groups excluding carboxylic acids is 1. The Hall–Kier alpha value is -2.82. The standard InChI is InChI=1S/C25H34N6O3S/c1-2-3-4-5-6-15-35(33,34)21-7-8-23-19(16-21)10-14-30(23)25(32)22-18-29-31-20(17-27-13-11-26)9-12-28-24(22)31/h7-9,12,16,18,27H,2-6,10-11,13-15,17,26H2,1H3. The van der Waals surface area contributed by atoms with Crippen molar-refractivity contribution >= 4 is 27.1 Å². The molecular weight excluding hydrogens is 464 g/mol. The van der Waals surface area contributed by atoms with Crippen LogP contribution in [0.3, 0.4) is 0 Å². The van der Waals surface area contributed by atoms with Gasteiger partial charge in [-0.25, -0.2) is 17.9 Å². The van der Waals surface area contributed by atoms with E-state index in [0.29, 0.717) is 55.1 Å². The summed E-state index contributed by atoms with van der Waals surface area (Å²) in [5.74, 6) is -0.0286. The first-order chi connectivity index (χ1) is 17.0. The van der Waals surface area contributed by atoms with Gasteiger partial charge in [0.05, 0.1) is 22.5 Å². The van der Waals surface area contributed by atoms with Crippen LogP contribution in [0.2, 0.25) is 0 Å². The van der Waals surface area contributed by atoms with Crippen molar-refractivity contribution in [1.82, 2.24) is 19.9 Å². The van der Waals surface area contributed by atoms with Crippen LogP contribution >= 0.6 is 0 Å². The third kappa shape index (κ3) is 5.55. The highest BCUT2D eigenvalue weighted by Crippen LogP contribution is 2.32. The molecule has 0 spiro atoms. The molecule has 1 aliphatic rings. The average Bonchev–Trinajstić information content (AvgIpc) is 3.48. The Morgan fingerprint density at radius 3 is 2.80 bits per heavy atom. The van der Waals surface area contributed by atoms with Crippen LogP contribution in [0.15, 0.2) is 41.6 Å². The quantitative estimate of drug-likeness (QED) is 0.368. The third-order valence-corrected chi connectivity index (χ3v) is 8.20. The number of rotatable bonds is 12. The number of fused-ring (bicyclic) bond motifs is 2. The summed E-state index contributed by atoms with van der Waals surface area (Å²) in [6.45, 7) is 4.41. The molecule has 4 rings (SSSR count). The summed E-state index contributed by atoms with van der Waals surface area (Å²) in [7, 11) is -3.33. The minimum Gasteiger partial charge on any atom is -0.329 e. The van der Waals surface area contributed by atoms with Crippen LogP contribution in [0, 0.1) is 0 Å². The Morgan fingerprint density at radius 1 is 1.17 bits per heavy atom. The van der Waals surface area contributed by atoms with Gasteiger partial charge in [0.25, 0.3) is 5.91 Å². The number of aromatic nitrogens is 3. The second-order valence-corrected chi connectivity index (χ2v) is 11.0. The molecule has 0 saturated heterocycles. The molecule has 0 fully saturated rings. The molecule has 35 heavy (non-hydrogen) atoms. The smallest absolute Gasteiger partial charge is 0.263 e. The Balaban J connectivity index is 1.50. The van der Waals surface area contributed by atoms with Crippen molar-refractivity contribution in [3.8, 4) is 0 Å². The van der Waals surface area contributed by atoms with Crippen LogP contribution in [0.1, 0.15) is 60.6 Å². The van der Waals surface area contributed by atoms with Crippen molar-refractivity contribution in [2.24, 2.45) is 5.73 Å². The van der Waals surface area contributed by atoms with Gasteiger partial charge in [-0.3, -0.25) is 4.79 Å². The van der Waals surface area contributed by atoms with Gasteiger partial charge in [0.1, 0.15) is 5.56 Å². The van der Waals surface area contributed by atoms with Crippen molar-refractivity contribution in [2.75, 3.05) is 30.3 Å². The number of nitrogens with zero attached hydrogens (tertiary/aromatic N) is 4. The van der Waals surface area contributed by atoms with Gasteiger partial charge in [-0.05, 0) is 42.7 Å². The maximum Gasteiger partial charge on any atom is 0.263 e. The second-order valence-electron chi connectivity index (χ2n) is 8.93. The van der Waals surface area contributed by atoms with Crippen molar-refractivity contribution < 1.29 is 13.2 Å². The zero-order chi connectivity index (χ0) is 24.8. The molecule has 3 aromatic rings. The van der Waals surface area contributed by atoms with Gasteiger partial charge in [-0.2, -0.15) is 5.10 Å². The Labute approximate surface area is 206 Å². The van der Waals surface area contributed by atoms with E-state index >= 15 is 0 Å². The van der Waals surface area contributed by atoms with Crippen molar-refractivity contribution in [3.05, 3.63) is 53.5 Å². The number of anilines is 1. The summed E-state index contributed by atoms with van der Waals surface area (Å²) in [5.41, 5.74) is 8.97. The zero-order valence-corrected chi connectivity index (χ0v) is 21.1. The summed E-state index contributed by atoms with van der Waals surface area (Å²) in [6, 6.07) is 6.97. The molecule has 10 heteroatoms. The molecule has 0 aliphatic carbocycles. The first-order valence-electron chi connectivity index (χ1n) is 12.4. The molecule has 0 bridgehead atoms. The molecule has 0 unspecified atom stereocenters. The summed E-state index contributed by atoms with van der Waals surface area (Å²) >= 11 is 0. The van der Waals surface area contributed by atoms with Crippen molar-refractivity contribution in [2.45, 2.75) is 56.9 Å². The SMILES string of the molecule is CCCCCCCS(=O)(=O)c1ccc2c(c1)CCN2C(=O)c1cnn2c(CNCCN)ccnc12. The summed E-state index contributed by atoms with van der Waals surface area (Å²) in [6.07, 6.45) is 8.77. The summed E-state index contributed by atoms with van der Waals surface area (Å²) < 4.78 is 27.3. The van der Waals surface area contributed by atoms with Crippen LogP contribution in [0.4, 0.5) is 5.69 Å². The minimum absolute atomic E-state index is 0.161. The highest BCUT2D eigenvalue weighted by molar-refractivity contribution is 7.91. The highest BCUT2D eigenvalue weighted by atomic mass is 32.2. The summed E-state index contributed by atoms with van der Waals surface area (Å²) in [4.78, 5) is 19.9. The van der Waals surface area contributed by atoms with Gasteiger partial charge >= 0.3 is 0 Å². The van der Waals surface area contributed by atoms with Gasteiger partial charge < -0.3 is 16.0 Å². The second kappa shape index (κ2) is 11.3. The number of nitrogens with one attached hydrogen (secondary N) is 1. The lowest BCUT2D eigenvalue weighted by atomic mass is 10.2. The monoisotopic (exact) mass is 498 g/mol. The summed E-state index contributed by atoms with van der Waals surface area (Å²) in [5, 5.41) is 7.63. The topological polar surface area (TPSA) is 123 Å². The van der Waals surface area contributed by atoms with Gasteiger partial charge in [-0.15, -0.1) is 0 Å². The molecule has 9 nitrogen and oxygen atoms in total. The normalized spacial score (nSPS) is 13.5. The van der Waals surface area contributed by atoms with E-state index in [4.69, 9.17) is 5.73 Å². The molecule has 1 aromatic carbocycles. The minimum atomic E-state index is -3.33. The van der Waals surface area contributed by atoms with E-state index in [0.717, 1.165) is 42.6 Å². The first-order valence-corrected chi connectivity index (χ1v) is 14.0. The number of amides is 1. The van der Waals surface area contributed by atoms with Gasteiger partial charge in [0, 0.05) is 38.1 Å². The fourth-order valence-corrected chi connectivity index (χ4v) is 5.90. The van der Waals surface area contributed by atoms with Gasteiger partial charge in [0.15, 0.2) is 15.5 Å². The molecule has 0 radical (unpaired) electrons. The van der Waals surface area contributed by atoms with E-state index in [2.05, 4.69) is 22.3 Å². The number of sulfone groups is 1. The molecule has 188 valence electrons. The fourth-order valence-electron chi connectivity index (χ4n) is 4.49. The van der Waals surface area contributed by atoms with Crippen molar-refractivity contribution in [1.29, 1.82) is 0 Å². The molecule has 3 N–H and O–H groups in total. The molecule has 1 aliphatic heterocycles. The number of nitrogens with two attached hydrogens (primary N) is 1. The largest absolute Gasteiger partial charge is 0.329 e. The van der Waals surface area contributed by atoms with Crippen molar-refractivity contribution in [3.63, 3.8) is 0 Å². The lowest BCUT2D eigenvalue weighted by Crippen LogP contribution is -2.29. The number of unbranched alkanes of at least 4 members (excludes halogenated alkanes) is 4. The van der Waals surface area contributed by atoms with Crippen LogP contribution in [0.25, 0.3) is 5.65 Å². The maximum absolute atomic E-state index is 13.4. The fraction of sp³-hybridized carbons (Fsp3) is 0.480. The molecule has 1 amide bonds. The predicted octanol–water partition coefficient (Wildman–Crippen LogP) is 2.72. The lowest BCUT2D eigenvalue weighted by Gasteiger charge is -2.17. The van der Waals surface area contributed by atoms with Crippen LogP contribution in [-0.2, 0) is 22.8 Å². The number of carbonyl (C=O) groups is 1. The molecular formula is C25H34N6O3S. The zero-order valence-electron chi connectivity index (χ0n) is 20.2. The lowest BCUT2D eigenvalue weighted by molar-refractivity contribution is 0.0990. The van der Waals surface area contributed by atoms with Crippen LogP contribution < -0.4 is 16.0 Å². The number of benzene rings is 1. The Kier molecular flexibility index (Phi) is 8.15. The first kappa shape index (κ1) is 25.3. The van der Waals surface area contributed by atoms with E-state index < -0.39 is 9.84 Å². The van der Waals surface area contributed by atoms with Crippen LogP contribution in [0.5, 0.6) is 0 Å². The van der Waals surface area contributed by atoms with E-state index in [1.54, 1.807) is 40.0 Å². The third-order valence-electron chi connectivity index (χ3n) is 6.40. The Morgan fingerprint density at radius 2 is 2.00 bits per heavy atom. The highest BCUT2D eigenvalue weighted by Gasteiger charge is 2.29. The van der Waals surface area contributed by atoms with E-state index in [9.17, 15) is 13.2 Å². The number of hydrogen-bond acceptors (Lipinski definition) is 7.